The molecule has 7 heteroatoms. The van der Waals surface area contributed by atoms with Gasteiger partial charge in [-0.1, -0.05) is 43.9 Å². The fraction of sp³-hybridized carbons (Fsp3) is 0.714. The minimum atomic E-state index is -3.21. The van der Waals surface area contributed by atoms with Crippen molar-refractivity contribution in [1.29, 1.82) is 0 Å². The quantitative estimate of drug-likeness (QED) is 0.752. The molecule has 14 heavy (non-hydrogen) atoms. The number of sulfone groups is 1. The molecule has 0 aliphatic carbocycles. The summed E-state index contributed by atoms with van der Waals surface area (Å²) < 4.78 is 23.0. The molecule has 0 atom stereocenters. The van der Waals surface area contributed by atoms with Crippen molar-refractivity contribution in [2.75, 3.05) is 6.26 Å². The molecule has 1 heterocycles. The third kappa shape index (κ3) is 3.55. The molecule has 0 unspecified atom stereocenters. The summed E-state index contributed by atoms with van der Waals surface area (Å²) in [4.78, 5) is 0. The summed E-state index contributed by atoms with van der Waals surface area (Å²) in [6, 6.07) is 0. The van der Waals surface area contributed by atoms with Crippen LogP contribution in [-0.2, 0) is 9.84 Å². The van der Waals surface area contributed by atoms with Crippen molar-refractivity contribution < 1.29 is 8.42 Å². The van der Waals surface area contributed by atoms with Crippen LogP contribution in [0.25, 0.3) is 0 Å². The van der Waals surface area contributed by atoms with Gasteiger partial charge < -0.3 is 0 Å². The topological polar surface area (TPSA) is 59.9 Å². The Kier molecular flexibility index (Phi) is 3.23. The van der Waals surface area contributed by atoms with Crippen LogP contribution in [0.5, 0.6) is 0 Å². The Morgan fingerprint density at radius 3 is 2.21 bits per heavy atom. The summed E-state index contributed by atoms with van der Waals surface area (Å²) in [6.07, 6.45) is 1.14. The Morgan fingerprint density at radius 1 is 1.29 bits per heavy atom. The minimum Gasteiger partial charge on any atom is -0.221 e. The summed E-state index contributed by atoms with van der Waals surface area (Å²) in [7, 11) is -3.21. The van der Waals surface area contributed by atoms with Gasteiger partial charge >= 0.3 is 0 Å². The van der Waals surface area contributed by atoms with E-state index in [1.54, 1.807) is 0 Å². The second-order valence-corrected chi connectivity index (χ2v) is 9.06. The molecule has 0 aromatic carbocycles. The van der Waals surface area contributed by atoms with Gasteiger partial charge in [0.05, 0.1) is 0 Å². The average Bonchev–Trinajstić information content (AvgIpc) is 2.29. The first kappa shape index (κ1) is 11.9. The van der Waals surface area contributed by atoms with E-state index in [2.05, 4.69) is 10.2 Å². The molecule has 80 valence electrons. The first-order chi connectivity index (χ1) is 6.18. The highest BCUT2D eigenvalue weighted by Gasteiger charge is 2.19. The molecule has 0 saturated heterocycles. The molecule has 0 amide bonds. The second kappa shape index (κ2) is 3.79. The molecule has 1 rings (SSSR count). The monoisotopic (exact) mass is 252 g/mol. The maximum atomic E-state index is 11.1. The number of hydrogen-bond acceptors (Lipinski definition) is 6. The Labute approximate surface area is 92.1 Å². The first-order valence-electron chi connectivity index (χ1n) is 3.91. The summed E-state index contributed by atoms with van der Waals surface area (Å²) in [5.41, 5.74) is 0. The number of hydrogen-bond donors (Lipinski definition) is 0. The van der Waals surface area contributed by atoms with Gasteiger partial charge in [0, 0.05) is 11.0 Å². The first-order valence-corrected chi connectivity index (χ1v) is 7.43. The second-order valence-electron chi connectivity index (χ2n) is 3.82. The smallest absolute Gasteiger partial charge is 0.221 e. The van der Waals surface area contributed by atoms with E-state index >= 15 is 0 Å². The summed E-state index contributed by atoms with van der Waals surface area (Å²) in [6.45, 7) is 6.12. The molecule has 4 nitrogen and oxygen atoms in total. The Bertz CT molecular complexity index is 416. The maximum Gasteiger partial charge on any atom is 0.233 e. The predicted molar refractivity (Wildman–Crippen MR) is 58.6 cm³/mol. The molecule has 0 saturated carbocycles. The van der Waals surface area contributed by atoms with Crippen LogP contribution in [-0.4, -0.2) is 29.6 Å². The third-order valence-electron chi connectivity index (χ3n) is 1.10. The lowest BCUT2D eigenvalue weighted by atomic mass is 10.3. The van der Waals surface area contributed by atoms with Crippen molar-refractivity contribution in [3.8, 4) is 0 Å². The molecule has 1 aromatic rings. The maximum absolute atomic E-state index is 11.1. The standard InChI is InChI=1S/C7H12N2O2S3/c1-7(2,3)13-5-8-9-6(12-5)14(4,10)11/h1-4H3. The minimum absolute atomic E-state index is 0.0221. The van der Waals surface area contributed by atoms with Crippen LogP contribution in [0.4, 0.5) is 0 Å². The van der Waals surface area contributed by atoms with Crippen LogP contribution in [0.3, 0.4) is 0 Å². The Balaban J connectivity index is 2.90. The molecular weight excluding hydrogens is 240 g/mol. The van der Waals surface area contributed by atoms with Crippen molar-refractivity contribution in [3.05, 3.63) is 0 Å². The fourth-order valence-corrected chi connectivity index (χ4v) is 3.91. The lowest BCUT2D eigenvalue weighted by molar-refractivity contribution is 0.599. The summed E-state index contributed by atoms with van der Waals surface area (Å²) in [5, 5.41) is 7.45. The molecule has 0 aliphatic rings. The highest BCUT2D eigenvalue weighted by atomic mass is 32.2. The molecular formula is C7H12N2O2S3. The van der Waals surface area contributed by atoms with Crippen LogP contribution < -0.4 is 0 Å². The van der Waals surface area contributed by atoms with E-state index in [4.69, 9.17) is 0 Å². The zero-order valence-electron chi connectivity index (χ0n) is 8.44. The molecule has 0 spiro atoms. The van der Waals surface area contributed by atoms with E-state index in [9.17, 15) is 8.42 Å². The molecule has 0 fully saturated rings. The van der Waals surface area contributed by atoms with Crippen LogP contribution in [0.2, 0.25) is 0 Å². The fourth-order valence-electron chi connectivity index (χ4n) is 0.650. The SMILES string of the molecule is CC(C)(C)Sc1nnc(S(C)(=O)=O)s1. The zero-order chi connectivity index (χ0) is 11.0. The normalized spacial score (nSPS) is 13.1. The molecule has 1 aromatic heterocycles. The van der Waals surface area contributed by atoms with Gasteiger partial charge in [-0.15, -0.1) is 10.2 Å². The van der Waals surface area contributed by atoms with Crippen LogP contribution in [0.15, 0.2) is 8.68 Å². The third-order valence-corrected chi connectivity index (χ3v) is 4.85. The van der Waals surface area contributed by atoms with E-state index in [1.165, 1.54) is 11.8 Å². The highest BCUT2D eigenvalue weighted by molar-refractivity contribution is 8.02. The lowest BCUT2D eigenvalue weighted by Gasteiger charge is -2.13. The van der Waals surface area contributed by atoms with Gasteiger partial charge in [0.25, 0.3) is 0 Å². The van der Waals surface area contributed by atoms with Gasteiger partial charge in [-0.25, -0.2) is 8.42 Å². The summed E-state index contributed by atoms with van der Waals surface area (Å²) in [5.74, 6) is 0. The van der Waals surface area contributed by atoms with Crippen molar-refractivity contribution >= 4 is 32.9 Å². The van der Waals surface area contributed by atoms with Crippen molar-refractivity contribution in [3.63, 3.8) is 0 Å². The van der Waals surface area contributed by atoms with Crippen LogP contribution in [0, 0.1) is 0 Å². The number of thioether (sulfide) groups is 1. The van der Waals surface area contributed by atoms with Gasteiger partial charge in [0.15, 0.2) is 4.34 Å². The predicted octanol–water partition coefficient (Wildman–Crippen LogP) is 1.83. The molecule has 0 radical (unpaired) electrons. The molecule has 0 bridgehead atoms. The van der Waals surface area contributed by atoms with E-state index in [0.717, 1.165) is 17.6 Å². The van der Waals surface area contributed by atoms with E-state index in [1.807, 2.05) is 20.8 Å². The number of nitrogens with zero attached hydrogens (tertiary/aromatic N) is 2. The van der Waals surface area contributed by atoms with Gasteiger partial charge in [0.1, 0.15) is 0 Å². The Hall–Kier alpha value is -0.140. The number of rotatable bonds is 2. The zero-order valence-corrected chi connectivity index (χ0v) is 10.9. The summed E-state index contributed by atoms with van der Waals surface area (Å²) >= 11 is 2.64. The van der Waals surface area contributed by atoms with E-state index in [-0.39, 0.29) is 9.09 Å². The van der Waals surface area contributed by atoms with Gasteiger partial charge in [0.2, 0.25) is 14.2 Å². The van der Waals surface area contributed by atoms with Gasteiger partial charge in [-0.2, -0.15) is 0 Å². The van der Waals surface area contributed by atoms with E-state index in [0.29, 0.717) is 4.34 Å². The van der Waals surface area contributed by atoms with Crippen LogP contribution in [0.1, 0.15) is 20.8 Å². The van der Waals surface area contributed by atoms with Crippen LogP contribution >= 0.6 is 23.1 Å². The van der Waals surface area contributed by atoms with Gasteiger partial charge in [-0.3, -0.25) is 0 Å². The van der Waals surface area contributed by atoms with Crippen molar-refractivity contribution in [1.82, 2.24) is 10.2 Å². The van der Waals surface area contributed by atoms with Crippen molar-refractivity contribution in [2.45, 2.75) is 34.2 Å². The average molecular weight is 252 g/mol. The lowest BCUT2D eigenvalue weighted by Crippen LogP contribution is -2.06. The van der Waals surface area contributed by atoms with Gasteiger partial charge in [-0.05, 0) is 0 Å². The Morgan fingerprint density at radius 2 is 1.86 bits per heavy atom. The van der Waals surface area contributed by atoms with E-state index < -0.39 is 9.84 Å². The molecule has 0 N–H and O–H groups in total. The highest BCUT2D eigenvalue weighted by Crippen LogP contribution is 2.34. The largest absolute Gasteiger partial charge is 0.233 e. The van der Waals surface area contributed by atoms with Crippen molar-refractivity contribution in [2.24, 2.45) is 0 Å². The number of aromatic nitrogens is 2. The molecule has 0 aliphatic heterocycles.